The zero-order valence-corrected chi connectivity index (χ0v) is 16.9. The second-order valence-electron chi connectivity index (χ2n) is 7.20. The van der Waals surface area contributed by atoms with E-state index in [1.807, 2.05) is 18.3 Å². The van der Waals surface area contributed by atoms with Crippen molar-refractivity contribution >= 4 is 22.8 Å². The molecule has 3 aromatic rings. The lowest BCUT2D eigenvalue weighted by Crippen LogP contribution is -2.35. The number of fused-ring (bicyclic) bond motifs is 1. The second-order valence-corrected chi connectivity index (χ2v) is 7.20. The highest BCUT2D eigenvalue weighted by molar-refractivity contribution is 6.10. The smallest absolute Gasteiger partial charge is 0.137 e. The second kappa shape index (κ2) is 8.91. The van der Waals surface area contributed by atoms with Crippen molar-refractivity contribution in [3.8, 4) is 17.2 Å². The number of H-pyrrole nitrogens is 1. The third-order valence-electron chi connectivity index (χ3n) is 5.35. The zero-order chi connectivity index (χ0) is 20.9. The Morgan fingerprint density at radius 3 is 2.93 bits per heavy atom. The molecule has 7 heteroatoms. The maximum Gasteiger partial charge on any atom is 0.137 e. The van der Waals surface area contributed by atoms with Gasteiger partial charge in [0.1, 0.15) is 5.65 Å². The highest BCUT2D eigenvalue weighted by Crippen LogP contribution is 2.31. The minimum absolute atomic E-state index is 0.693. The van der Waals surface area contributed by atoms with Crippen LogP contribution in [0.4, 0.5) is 0 Å². The van der Waals surface area contributed by atoms with E-state index >= 15 is 0 Å². The van der Waals surface area contributed by atoms with Gasteiger partial charge in [0.2, 0.25) is 0 Å². The van der Waals surface area contributed by atoms with Crippen LogP contribution in [0.3, 0.4) is 0 Å². The number of nitrogens with one attached hydrogen (secondary N) is 1. The van der Waals surface area contributed by atoms with Gasteiger partial charge in [0.25, 0.3) is 0 Å². The summed E-state index contributed by atoms with van der Waals surface area (Å²) in [7, 11) is 1.71. The van der Waals surface area contributed by atoms with E-state index in [2.05, 4.69) is 38.1 Å². The first kappa shape index (κ1) is 19.8. The molecule has 0 amide bonds. The van der Waals surface area contributed by atoms with Gasteiger partial charge >= 0.3 is 0 Å². The topological polar surface area (TPSA) is 103 Å². The number of aliphatic imine (C=N–C) groups is 1. The maximum absolute atomic E-state index is 9.74. The number of ether oxygens (including phenoxy) is 1. The number of pyridine rings is 1. The summed E-state index contributed by atoms with van der Waals surface area (Å²) >= 11 is 0. The van der Waals surface area contributed by atoms with Crippen molar-refractivity contribution in [2.45, 2.75) is 6.54 Å². The molecule has 0 atom stereocenters. The molecule has 2 aromatic heterocycles. The molecule has 1 saturated heterocycles. The number of benzene rings is 1. The van der Waals surface area contributed by atoms with Crippen molar-refractivity contribution in [1.29, 1.82) is 5.26 Å². The molecule has 1 aromatic carbocycles. The van der Waals surface area contributed by atoms with Gasteiger partial charge in [-0.1, -0.05) is 12.1 Å². The van der Waals surface area contributed by atoms with E-state index in [-0.39, 0.29) is 0 Å². The van der Waals surface area contributed by atoms with Crippen molar-refractivity contribution < 1.29 is 4.74 Å². The van der Waals surface area contributed by atoms with E-state index in [9.17, 15) is 5.26 Å². The van der Waals surface area contributed by atoms with Gasteiger partial charge in [-0.05, 0) is 23.3 Å². The van der Waals surface area contributed by atoms with Crippen LogP contribution in [0, 0.1) is 11.3 Å². The summed E-state index contributed by atoms with van der Waals surface area (Å²) < 4.78 is 5.42. The van der Waals surface area contributed by atoms with Crippen molar-refractivity contribution in [2.75, 3.05) is 33.4 Å². The quantitative estimate of drug-likeness (QED) is 0.641. The lowest BCUT2D eigenvalue weighted by molar-refractivity contribution is 0.0341. The number of morpholine rings is 1. The Labute approximate surface area is 175 Å². The number of nitriles is 1. The number of allylic oxidation sites excluding steroid dienone is 1. The van der Waals surface area contributed by atoms with Gasteiger partial charge in [0.15, 0.2) is 0 Å². The minimum Gasteiger partial charge on any atom is -0.404 e. The maximum atomic E-state index is 9.74. The Morgan fingerprint density at radius 1 is 1.37 bits per heavy atom. The van der Waals surface area contributed by atoms with Crippen molar-refractivity contribution in [2.24, 2.45) is 10.7 Å². The van der Waals surface area contributed by atoms with E-state index < -0.39 is 0 Å². The Morgan fingerprint density at radius 2 is 2.20 bits per heavy atom. The highest BCUT2D eigenvalue weighted by Gasteiger charge is 2.15. The normalized spacial score (nSPS) is 15.7. The van der Waals surface area contributed by atoms with E-state index in [0.717, 1.165) is 71.7 Å². The molecule has 0 bridgehead atoms. The molecule has 3 N–H and O–H groups in total. The van der Waals surface area contributed by atoms with Gasteiger partial charge in [-0.15, -0.1) is 0 Å². The molecule has 1 fully saturated rings. The summed E-state index contributed by atoms with van der Waals surface area (Å²) in [4.78, 5) is 14.1. The van der Waals surface area contributed by atoms with Gasteiger partial charge in [-0.2, -0.15) is 5.26 Å². The molecule has 1 aliphatic rings. The van der Waals surface area contributed by atoms with Crippen LogP contribution in [0.2, 0.25) is 0 Å². The number of hydrogen-bond donors (Lipinski definition) is 2. The van der Waals surface area contributed by atoms with E-state index in [1.165, 1.54) is 6.20 Å². The molecule has 0 radical (unpaired) electrons. The number of rotatable bonds is 5. The number of nitrogens with zero attached hydrogens (tertiary/aromatic N) is 4. The lowest BCUT2D eigenvalue weighted by atomic mass is 9.98. The van der Waals surface area contributed by atoms with Crippen LogP contribution >= 0.6 is 0 Å². The largest absolute Gasteiger partial charge is 0.404 e. The molecule has 152 valence electrons. The Bertz CT molecular complexity index is 1150. The van der Waals surface area contributed by atoms with E-state index in [0.29, 0.717) is 5.56 Å². The van der Waals surface area contributed by atoms with Crippen LogP contribution in [0.1, 0.15) is 16.7 Å². The van der Waals surface area contributed by atoms with E-state index in [1.54, 1.807) is 19.5 Å². The molecule has 0 aliphatic carbocycles. The summed E-state index contributed by atoms with van der Waals surface area (Å²) in [5.41, 5.74) is 11.9. The van der Waals surface area contributed by atoms with Gasteiger partial charge in [0.05, 0.1) is 24.8 Å². The summed E-state index contributed by atoms with van der Waals surface area (Å²) in [5.74, 6) is 0. The molecule has 3 heterocycles. The molecule has 7 nitrogen and oxygen atoms in total. The molecule has 1 aliphatic heterocycles. The first-order chi connectivity index (χ1) is 14.7. The lowest BCUT2D eigenvalue weighted by Gasteiger charge is -2.27. The SMILES string of the molecule is CN=C/C(=C\N)c1cnc2[nH]cc(-c3ccc(CN4CCOCC4)c(C#N)c3)c2c1. The van der Waals surface area contributed by atoms with Crippen molar-refractivity contribution in [3.05, 3.63) is 59.5 Å². The highest BCUT2D eigenvalue weighted by atomic mass is 16.5. The molecule has 0 spiro atoms. The summed E-state index contributed by atoms with van der Waals surface area (Å²) in [5, 5.41) is 10.7. The Balaban J connectivity index is 1.70. The van der Waals surface area contributed by atoms with E-state index in [4.69, 9.17) is 10.5 Å². The van der Waals surface area contributed by atoms with Crippen LogP contribution in [0.15, 0.2) is 47.9 Å². The fourth-order valence-corrected chi connectivity index (χ4v) is 3.74. The molecule has 4 rings (SSSR count). The van der Waals surface area contributed by atoms with Crippen LogP contribution in [-0.4, -0.2) is 54.4 Å². The Hall–Kier alpha value is -3.47. The molecular formula is C23H24N6O. The molecular weight excluding hydrogens is 376 g/mol. The Kier molecular flexibility index (Phi) is 5.89. The fourth-order valence-electron chi connectivity index (χ4n) is 3.74. The predicted molar refractivity (Wildman–Crippen MR) is 119 cm³/mol. The summed E-state index contributed by atoms with van der Waals surface area (Å²) in [6.45, 7) is 4.02. The minimum atomic E-state index is 0.693. The average Bonchev–Trinajstić information content (AvgIpc) is 3.21. The van der Waals surface area contributed by atoms with Gasteiger partial charge < -0.3 is 15.5 Å². The van der Waals surface area contributed by atoms with Crippen LogP contribution in [0.25, 0.3) is 27.7 Å². The first-order valence-electron chi connectivity index (χ1n) is 9.88. The number of aromatic amines is 1. The number of aromatic nitrogens is 2. The van der Waals surface area contributed by atoms with Crippen molar-refractivity contribution in [3.63, 3.8) is 0 Å². The van der Waals surface area contributed by atoms with Gasteiger partial charge in [0, 0.05) is 73.6 Å². The van der Waals surface area contributed by atoms with Crippen LogP contribution in [0.5, 0.6) is 0 Å². The predicted octanol–water partition coefficient (Wildman–Crippen LogP) is 2.93. The fraction of sp³-hybridized carbons (Fsp3) is 0.261. The number of hydrogen-bond acceptors (Lipinski definition) is 6. The molecule has 0 unspecified atom stereocenters. The molecule has 30 heavy (non-hydrogen) atoms. The van der Waals surface area contributed by atoms with Gasteiger partial charge in [-0.3, -0.25) is 9.89 Å². The van der Waals surface area contributed by atoms with Crippen LogP contribution < -0.4 is 5.73 Å². The van der Waals surface area contributed by atoms with Crippen molar-refractivity contribution in [1.82, 2.24) is 14.9 Å². The summed E-state index contributed by atoms with van der Waals surface area (Å²) in [6, 6.07) is 10.5. The standard InChI is InChI=1S/C23H24N6O/c1-26-12-20(11-25)19-9-21-22(14-28-23(21)27-13-19)16-2-3-17(18(8-16)10-24)15-29-4-6-30-7-5-29/h2-3,8-9,11-14H,4-7,15,25H2,1H3,(H,27,28)/b20-11+,26-12?. The third kappa shape index (κ3) is 3.96. The zero-order valence-electron chi connectivity index (χ0n) is 16.9. The first-order valence-corrected chi connectivity index (χ1v) is 9.88. The monoisotopic (exact) mass is 400 g/mol. The molecule has 0 saturated carbocycles. The van der Waals surface area contributed by atoms with Crippen LogP contribution in [-0.2, 0) is 11.3 Å². The summed E-state index contributed by atoms with van der Waals surface area (Å²) in [6.07, 6.45) is 6.94. The third-order valence-corrected chi connectivity index (χ3v) is 5.35. The average molecular weight is 400 g/mol. The number of nitrogens with two attached hydrogens (primary N) is 1. The van der Waals surface area contributed by atoms with Gasteiger partial charge in [-0.25, -0.2) is 4.98 Å².